The predicted molar refractivity (Wildman–Crippen MR) is 120 cm³/mol. The van der Waals surface area contributed by atoms with Crippen molar-refractivity contribution in [3.63, 3.8) is 0 Å². The van der Waals surface area contributed by atoms with Gasteiger partial charge in [-0.1, -0.05) is 6.07 Å². The lowest BCUT2D eigenvalue weighted by Crippen LogP contribution is -2.40. The van der Waals surface area contributed by atoms with E-state index >= 15 is 0 Å². The van der Waals surface area contributed by atoms with Crippen molar-refractivity contribution in [2.75, 3.05) is 11.9 Å². The smallest absolute Gasteiger partial charge is 0.326 e. The van der Waals surface area contributed by atoms with E-state index in [1.807, 2.05) is 18.0 Å². The summed E-state index contributed by atoms with van der Waals surface area (Å²) in [6.45, 7) is 0.0613. The maximum Gasteiger partial charge on any atom is 0.326 e. The summed E-state index contributed by atoms with van der Waals surface area (Å²) < 4.78 is 0. The number of hydrogen-bond acceptors (Lipinski definition) is 8. The van der Waals surface area contributed by atoms with Crippen molar-refractivity contribution >= 4 is 45.1 Å². The highest BCUT2D eigenvalue weighted by atomic mass is 32.1. The van der Waals surface area contributed by atoms with E-state index < -0.39 is 23.9 Å². The second-order valence-electron chi connectivity index (χ2n) is 7.31. The number of benzene rings is 1. The van der Waals surface area contributed by atoms with Gasteiger partial charge in [0, 0.05) is 20.0 Å². The molecule has 0 aliphatic carbocycles. The third kappa shape index (κ3) is 5.93. The number of aliphatic hydroxyl groups is 1. The summed E-state index contributed by atoms with van der Waals surface area (Å²) in [5.41, 5.74) is 0.952. The molecule has 0 aliphatic heterocycles. The fraction of sp³-hybridized carbons (Fsp3) is 0.286. The third-order valence-corrected chi connectivity index (χ3v) is 6.03. The number of fused-ring (bicyclic) bond motifs is 1. The zero-order valence-corrected chi connectivity index (χ0v) is 18.4. The number of carbonyl (C=O) groups is 3. The van der Waals surface area contributed by atoms with Crippen LogP contribution in [0.1, 0.15) is 33.9 Å². The van der Waals surface area contributed by atoms with E-state index in [2.05, 4.69) is 15.3 Å². The fourth-order valence-electron chi connectivity index (χ4n) is 3.17. The van der Waals surface area contributed by atoms with Gasteiger partial charge < -0.3 is 30.5 Å². The van der Waals surface area contributed by atoms with E-state index in [1.54, 1.807) is 24.3 Å². The molecule has 0 spiro atoms. The minimum atomic E-state index is -1.30. The Balaban J connectivity index is 1.70. The van der Waals surface area contributed by atoms with Crippen molar-refractivity contribution in [2.45, 2.75) is 32.0 Å². The van der Waals surface area contributed by atoms with Gasteiger partial charge in [-0.3, -0.25) is 14.4 Å². The number of nitrogens with one attached hydrogen (secondary N) is 2. The monoisotopic (exact) mass is 474 g/mol. The Hall–Kier alpha value is -3.77. The predicted octanol–water partition coefficient (Wildman–Crippen LogP) is 1.16. The lowest BCUT2D eigenvalue weighted by atomic mass is 10.1. The first-order chi connectivity index (χ1) is 15.7. The van der Waals surface area contributed by atoms with Gasteiger partial charge in [0.15, 0.2) is 0 Å². The molecule has 174 valence electrons. The molecule has 0 aliphatic rings. The second kappa shape index (κ2) is 10.2. The van der Waals surface area contributed by atoms with E-state index in [0.29, 0.717) is 17.4 Å². The van der Waals surface area contributed by atoms with E-state index in [9.17, 15) is 24.3 Å². The molecule has 0 saturated heterocycles. The zero-order valence-electron chi connectivity index (χ0n) is 17.6. The average molecular weight is 474 g/mol. The Bertz CT molecular complexity index is 1250. The van der Waals surface area contributed by atoms with Gasteiger partial charge in [-0.25, -0.2) is 9.78 Å². The van der Waals surface area contributed by atoms with Crippen molar-refractivity contribution in [1.82, 2.24) is 15.3 Å². The van der Waals surface area contributed by atoms with Crippen molar-refractivity contribution < 1.29 is 29.7 Å². The number of rotatable bonds is 10. The molecule has 1 aromatic carbocycles. The number of amides is 1. The van der Waals surface area contributed by atoms with Gasteiger partial charge in [0.1, 0.15) is 18.5 Å². The molecule has 0 unspecified atom stereocenters. The molecule has 1 atom stereocenters. The minimum absolute atomic E-state index is 0.190. The van der Waals surface area contributed by atoms with Crippen LogP contribution < -0.4 is 15.8 Å². The second-order valence-corrected chi connectivity index (χ2v) is 8.38. The first kappa shape index (κ1) is 23.9. The number of carboxylic acid groups (broad SMARTS) is 2. The van der Waals surface area contributed by atoms with Gasteiger partial charge in [0.2, 0.25) is 0 Å². The van der Waals surface area contributed by atoms with Crippen LogP contribution in [0.4, 0.5) is 5.00 Å². The summed E-state index contributed by atoms with van der Waals surface area (Å²) in [6, 6.07) is 7.20. The molecule has 33 heavy (non-hydrogen) atoms. The summed E-state index contributed by atoms with van der Waals surface area (Å²) in [5, 5.41) is 30.6. The normalized spacial score (nSPS) is 11.8. The van der Waals surface area contributed by atoms with Crippen LogP contribution in [0.5, 0.6) is 0 Å². The van der Waals surface area contributed by atoms with Crippen LogP contribution in [0.25, 0.3) is 10.9 Å². The number of aliphatic hydroxyl groups excluding tert-OH is 1. The molecule has 0 bridgehead atoms. The first-order valence-electron chi connectivity index (χ1n) is 9.87. The molecule has 2 heterocycles. The van der Waals surface area contributed by atoms with Crippen molar-refractivity contribution in [2.24, 2.45) is 0 Å². The van der Waals surface area contributed by atoms with E-state index in [4.69, 9.17) is 10.2 Å². The van der Waals surface area contributed by atoms with Crippen LogP contribution in [0.2, 0.25) is 0 Å². The van der Waals surface area contributed by atoms with Crippen molar-refractivity contribution in [1.29, 1.82) is 0 Å². The zero-order chi connectivity index (χ0) is 24.1. The number of aromatic amines is 1. The molecule has 0 radical (unpaired) electrons. The van der Waals surface area contributed by atoms with Gasteiger partial charge >= 0.3 is 11.9 Å². The number of H-pyrrole nitrogens is 1. The van der Waals surface area contributed by atoms with E-state index in [0.717, 1.165) is 21.9 Å². The highest BCUT2D eigenvalue weighted by molar-refractivity contribution is 7.17. The average Bonchev–Trinajstić information content (AvgIpc) is 3.27. The number of nitrogens with zero attached hydrogens (tertiary/aromatic N) is 2. The standard InChI is InChI=1S/C21H22N4O7S/c1-25(9-11-2-3-13-12(8-11)19(29)24-16(10-26)22-13)17-6-5-15(33-17)20(30)23-14(21(31)32)4-7-18(27)28/h2-3,5-6,8,14,26H,4,7,9-10H2,1H3,(H,23,30)(H,27,28)(H,31,32)(H,22,24,29)/t14-/m0/s1. The summed E-state index contributed by atoms with van der Waals surface area (Å²) in [7, 11) is 1.81. The van der Waals surface area contributed by atoms with E-state index in [-0.39, 0.29) is 35.7 Å². The third-order valence-electron chi connectivity index (χ3n) is 4.83. The molecule has 0 fully saturated rings. The van der Waals surface area contributed by atoms with Crippen LogP contribution in [-0.4, -0.2) is 56.2 Å². The molecule has 12 heteroatoms. The van der Waals surface area contributed by atoms with Gasteiger partial charge in [-0.15, -0.1) is 11.3 Å². The van der Waals surface area contributed by atoms with Crippen LogP contribution in [-0.2, 0) is 22.7 Å². The maximum atomic E-state index is 12.4. The lowest BCUT2D eigenvalue weighted by Gasteiger charge is -2.17. The maximum absolute atomic E-state index is 12.4. The number of carboxylic acids is 2. The molecule has 11 nitrogen and oxygen atoms in total. The Labute approximate surface area is 191 Å². The Kier molecular flexibility index (Phi) is 7.41. The van der Waals surface area contributed by atoms with Crippen LogP contribution in [0, 0.1) is 0 Å². The topological polar surface area (TPSA) is 173 Å². The number of hydrogen-bond donors (Lipinski definition) is 5. The number of thiophene rings is 1. The highest BCUT2D eigenvalue weighted by Crippen LogP contribution is 2.27. The minimum Gasteiger partial charge on any atom is -0.481 e. The summed E-state index contributed by atoms with van der Waals surface area (Å²) in [6.07, 6.45) is -0.592. The Morgan fingerprint density at radius 3 is 2.64 bits per heavy atom. The van der Waals surface area contributed by atoms with E-state index in [1.165, 1.54) is 0 Å². The Morgan fingerprint density at radius 1 is 1.21 bits per heavy atom. The molecular weight excluding hydrogens is 452 g/mol. The number of carbonyl (C=O) groups excluding carboxylic acids is 1. The lowest BCUT2D eigenvalue weighted by molar-refractivity contribution is -0.140. The van der Waals surface area contributed by atoms with Gasteiger partial charge in [0.25, 0.3) is 11.5 Å². The molecule has 0 saturated carbocycles. The molecule has 2 aromatic heterocycles. The van der Waals surface area contributed by atoms with Gasteiger partial charge in [-0.2, -0.15) is 0 Å². The van der Waals surface area contributed by atoms with Crippen LogP contribution in [0.15, 0.2) is 35.1 Å². The largest absolute Gasteiger partial charge is 0.481 e. The highest BCUT2D eigenvalue weighted by Gasteiger charge is 2.22. The summed E-state index contributed by atoms with van der Waals surface area (Å²) in [4.78, 5) is 55.5. The molecular formula is C21H22N4O7S. The van der Waals surface area contributed by atoms with Crippen LogP contribution in [0.3, 0.4) is 0 Å². The summed E-state index contributed by atoms with van der Waals surface area (Å²) >= 11 is 1.15. The number of aromatic nitrogens is 2. The number of aliphatic carboxylic acids is 2. The SMILES string of the molecule is CN(Cc1ccc2nc(CO)[nH]c(=O)c2c1)c1ccc(C(=O)N[C@@H](CCC(=O)O)C(=O)O)s1. The van der Waals surface area contributed by atoms with Gasteiger partial charge in [0.05, 0.1) is 20.8 Å². The molecule has 3 rings (SSSR count). The number of anilines is 1. The fourth-order valence-corrected chi connectivity index (χ4v) is 4.04. The first-order valence-corrected chi connectivity index (χ1v) is 10.7. The molecule has 1 amide bonds. The van der Waals surface area contributed by atoms with Crippen molar-refractivity contribution in [3.05, 3.63) is 57.0 Å². The Morgan fingerprint density at radius 2 is 1.97 bits per heavy atom. The molecule has 3 aromatic rings. The molecule has 5 N–H and O–H groups in total. The van der Waals surface area contributed by atoms with Crippen LogP contribution >= 0.6 is 11.3 Å². The van der Waals surface area contributed by atoms with Crippen molar-refractivity contribution in [3.8, 4) is 0 Å². The summed E-state index contributed by atoms with van der Waals surface area (Å²) in [5.74, 6) is -2.85. The quantitative estimate of drug-likeness (QED) is 0.289. The van der Waals surface area contributed by atoms with Gasteiger partial charge in [-0.05, 0) is 36.2 Å².